The molecule has 0 fully saturated rings. The summed E-state index contributed by atoms with van der Waals surface area (Å²) in [5.74, 6) is -0.445. The highest BCUT2D eigenvalue weighted by Crippen LogP contribution is 2.33. The van der Waals surface area contributed by atoms with Crippen molar-refractivity contribution >= 4 is 46.9 Å². The molecule has 12 heteroatoms. The lowest BCUT2D eigenvalue weighted by Gasteiger charge is -2.22. The summed E-state index contributed by atoms with van der Waals surface area (Å²) in [5.41, 5.74) is 0.460. The van der Waals surface area contributed by atoms with Crippen molar-refractivity contribution in [2.24, 2.45) is 0 Å². The molecule has 0 radical (unpaired) electrons. The van der Waals surface area contributed by atoms with Gasteiger partial charge in [-0.2, -0.15) is 0 Å². The molecule has 37 heavy (non-hydrogen) atoms. The molecule has 4 rings (SSSR count). The van der Waals surface area contributed by atoms with Crippen molar-refractivity contribution in [1.29, 1.82) is 0 Å². The number of ether oxygens (including phenoxy) is 1. The Morgan fingerprint density at radius 3 is 2.38 bits per heavy atom. The quantitative estimate of drug-likeness (QED) is 0.168. The first-order chi connectivity index (χ1) is 17.8. The fraction of sp³-hybridized carbons (Fsp3) is 0.0400. The number of carbonyl (C=O) groups excluding carboxylic acids is 2. The van der Waals surface area contributed by atoms with Crippen LogP contribution in [0.2, 0.25) is 5.02 Å². The first kappa shape index (κ1) is 25.6. The van der Waals surface area contributed by atoms with Gasteiger partial charge in [0, 0.05) is 11.0 Å². The maximum Gasteiger partial charge on any atom is 0.339 e. The number of imide groups is 1. The molecule has 0 spiro atoms. The molecule has 0 saturated heterocycles. The van der Waals surface area contributed by atoms with Crippen LogP contribution in [-0.4, -0.2) is 26.8 Å². The van der Waals surface area contributed by atoms with Gasteiger partial charge in [0.25, 0.3) is 11.6 Å². The second-order valence-electron chi connectivity index (χ2n) is 7.47. The average Bonchev–Trinajstić information content (AvgIpc) is 2.90. The number of hydrogen-bond donors (Lipinski definition) is 1. The Hall–Kier alpha value is -4.48. The van der Waals surface area contributed by atoms with E-state index in [0.29, 0.717) is 22.0 Å². The van der Waals surface area contributed by atoms with Crippen molar-refractivity contribution in [1.82, 2.24) is 15.3 Å². The number of halogens is 1. The van der Waals surface area contributed by atoms with Gasteiger partial charge in [0.05, 0.1) is 28.0 Å². The second-order valence-corrected chi connectivity index (χ2v) is 8.92. The molecule has 0 aliphatic carbocycles. The third kappa shape index (κ3) is 6.40. The number of rotatable bonds is 7. The molecule has 10 nitrogen and oxygen atoms in total. The fourth-order valence-corrected chi connectivity index (χ4v) is 4.10. The SMILES string of the molecule is Cc1cc(N(Sc2ccccc2)C(=O)NC(=O)c2ccccc2[N+](=O)[O-])ccc1Oc1ncc(Cl)cn1. The van der Waals surface area contributed by atoms with Gasteiger partial charge in [0.1, 0.15) is 11.3 Å². The number of nitro groups is 1. The summed E-state index contributed by atoms with van der Waals surface area (Å²) in [6, 6.07) is 18.7. The monoisotopic (exact) mass is 535 g/mol. The zero-order valence-electron chi connectivity index (χ0n) is 19.2. The number of hydrogen-bond acceptors (Lipinski definition) is 8. The first-order valence-electron chi connectivity index (χ1n) is 10.7. The Morgan fingerprint density at radius 1 is 1.03 bits per heavy atom. The standard InChI is InChI=1S/C25H18ClN5O5S/c1-16-13-18(11-12-22(16)36-24-27-14-17(26)15-28-24)30(37-19-7-3-2-4-8-19)25(33)29-23(32)20-9-5-6-10-21(20)31(34)35/h2-15H,1H3,(H,29,32,33). The summed E-state index contributed by atoms with van der Waals surface area (Å²) in [6.07, 6.45) is 2.81. The number of nitrogens with zero attached hydrogens (tertiary/aromatic N) is 4. The third-order valence-electron chi connectivity index (χ3n) is 4.88. The molecule has 0 saturated carbocycles. The topological polar surface area (TPSA) is 128 Å². The predicted molar refractivity (Wildman–Crippen MR) is 139 cm³/mol. The molecule has 3 aromatic carbocycles. The number of amides is 3. The number of para-hydroxylation sites is 1. The minimum absolute atomic E-state index is 0.101. The van der Waals surface area contributed by atoms with E-state index >= 15 is 0 Å². The number of nitrogens with one attached hydrogen (secondary N) is 1. The van der Waals surface area contributed by atoms with E-state index in [1.54, 1.807) is 37.3 Å². The van der Waals surface area contributed by atoms with Crippen LogP contribution >= 0.6 is 23.5 Å². The normalized spacial score (nSPS) is 10.4. The van der Waals surface area contributed by atoms with Gasteiger partial charge in [-0.05, 0) is 60.8 Å². The molecule has 0 bridgehead atoms. The van der Waals surface area contributed by atoms with Gasteiger partial charge in [-0.15, -0.1) is 0 Å². The van der Waals surface area contributed by atoms with E-state index in [9.17, 15) is 19.7 Å². The van der Waals surface area contributed by atoms with Crippen molar-refractivity contribution in [2.45, 2.75) is 11.8 Å². The predicted octanol–water partition coefficient (Wildman–Crippen LogP) is 6.20. The number of aryl methyl sites for hydroxylation is 1. The Bertz CT molecular complexity index is 1450. The number of carbonyl (C=O) groups is 2. The van der Waals surface area contributed by atoms with E-state index in [4.69, 9.17) is 16.3 Å². The van der Waals surface area contributed by atoms with E-state index < -0.39 is 22.5 Å². The molecule has 1 aromatic heterocycles. The van der Waals surface area contributed by atoms with Gasteiger partial charge in [0.2, 0.25) is 0 Å². The summed E-state index contributed by atoms with van der Waals surface area (Å²) in [4.78, 5) is 45.5. The van der Waals surface area contributed by atoms with Crippen LogP contribution in [-0.2, 0) is 0 Å². The molecule has 0 unspecified atom stereocenters. The van der Waals surface area contributed by atoms with Gasteiger partial charge in [-0.1, -0.05) is 41.9 Å². The van der Waals surface area contributed by atoms with E-state index in [1.165, 1.54) is 41.0 Å². The van der Waals surface area contributed by atoms with Crippen molar-refractivity contribution in [3.05, 3.63) is 111 Å². The minimum Gasteiger partial charge on any atom is -0.424 e. The van der Waals surface area contributed by atoms with Crippen LogP contribution in [0.1, 0.15) is 15.9 Å². The number of aromatic nitrogens is 2. The van der Waals surface area contributed by atoms with Crippen LogP contribution in [0.15, 0.2) is 90.1 Å². The number of nitro benzene ring substituents is 1. The first-order valence-corrected chi connectivity index (χ1v) is 11.8. The average molecular weight is 536 g/mol. The Kier molecular flexibility index (Phi) is 7.96. The van der Waals surface area contributed by atoms with Gasteiger partial charge in [-0.25, -0.2) is 19.1 Å². The molecule has 1 heterocycles. The van der Waals surface area contributed by atoms with Crippen LogP contribution in [0.3, 0.4) is 0 Å². The fourth-order valence-electron chi connectivity index (χ4n) is 3.16. The smallest absolute Gasteiger partial charge is 0.339 e. The maximum atomic E-state index is 13.3. The van der Waals surface area contributed by atoms with Crippen LogP contribution in [0.4, 0.5) is 16.2 Å². The molecule has 3 amide bonds. The summed E-state index contributed by atoms with van der Waals surface area (Å²) in [7, 11) is 0. The molecule has 4 aromatic rings. The van der Waals surface area contributed by atoms with Gasteiger partial charge in [0.15, 0.2) is 0 Å². The molecule has 0 aliphatic heterocycles. The zero-order chi connectivity index (χ0) is 26.4. The van der Waals surface area contributed by atoms with Crippen LogP contribution in [0.25, 0.3) is 0 Å². The van der Waals surface area contributed by atoms with Crippen molar-refractivity contribution < 1.29 is 19.2 Å². The number of urea groups is 1. The number of anilines is 1. The van der Waals surface area contributed by atoms with Crippen molar-refractivity contribution in [3.8, 4) is 11.8 Å². The van der Waals surface area contributed by atoms with Crippen LogP contribution in [0.5, 0.6) is 11.8 Å². The summed E-state index contributed by atoms with van der Waals surface area (Å²) in [6.45, 7) is 1.77. The Labute approximate surface area is 220 Å². The highest BCUT2D eigenvalue weighted by atomic mass is 35.5. The van der Waals surface area contributed by atoms with E-state index in [0.717, 1.165) is 16.8 Å². The lowest BCUT2D eigenvalue weighted by Crippen LogP contribution is -2.39. The molecular weight excluding hydrogens is 518 g/mol. The van der Waals surface area contributed by atoms with Crippen molar-refractivity contribution in [3.63, 3.8) is 0 Å². The lowest BCUT2D eigenvalue weighted by atomic mass is 10.1. The zero-order valence-corrected chi connectivity index (χ0v) is 20.8. The summed E-state index contributed by atoms with van der Waals surface area (Å²) < 4.78 is 6.99. The lowest BCUT2D eigenvalue weighted by molar-refractivity contribution is -0.385. The van der Waals surface area contributed by atoms with E-state index in [-0.39, 0.29) is 11.6 Å². The second kappa shape index (κ2) is 11.5. The number of benzene rings is 3. The summed E-state index contributed by atoms with van der Waals surface area (Å²) >= 11 is 6.89. The molecular formula is C25H18ClN5O5S. The molecule has 0 atom stereocenters. The van der Waals surface area contributed by atoms with E-state index in [2.05, 4.69) is 15.3 Å². The third-order valence-corrected chi connectivity index (χ3v) is 6.12. The molecule has 1 N–H and O–H groups in total. The maximum absolute atomic E-state index is 13.3. The summed E-state index contributed by atoms with van der Waals surface area (Å²) in [5, 5.41) is 13.9. The largest absolute Gasteiger partial charge is 0.424 e. The Morgan fingerprint density at radius 2 is 1.70 bits per heavy atom. The highest BCUT2D eigenvalue weighted by Gasteiger charge is 2.25. The molecule has 0 aliphatic rings. The van der Waals surface area contributed by atoms with Gasteiger partial charge >= 0.3 is 12.0 Å². The van der Waals surface area contributed by atoms with E-state index in [1.807, 2.05) is 18.2 Å². The van der Waals surface area contributed by atoms with Gasteiger partial charge < -0.3 is 4.74 Å². The molecule has 186 valence electrons. The Balaban J connectivity index is 1.61. The van der Waals surface area contributed by atoms with Crippen LogP contribution in [0, 0.1) is 17.0 Å². The van der Waals surface area contributed by atoms with Crippen LogP contribution < -0.4 is 14.4 Å². The van der Waals surface area contributed by atoms with Gasteiger partial charge in [-0.3, -0.25) is 20.2 Å². The minimum atomic E-state index is -0.896. The highest BCUT2D eigenvalue weighted by molar-refractivity contribution is 8.01. The van der Waals surface area contributed by atoms with Crippen molar-refractivity contribution in [2.75, 3.05) is 4.31 Å².